The molecule has 0 bridgehead atoms. The van der Waals surface area contributed by atoms with Crippen LogP contribution in [0, 0.1) is 24.7 Å². The number of carbonyl (C=O) groups excluding carboxylic acids is 4. The van der Waals surface area contributed by atoms with Gasteiger partial charge in [0.15, 0.2) is 5.78 Å². The molecule has 196 valence electrons. The lowest BCUT2D eigenvalue weighted by Gasteiger charge is -2.32. The second-order valence-corrected chi connectivity index (χ2v) is 10.4. The first kappa shape index (κ1) is 30.9. The molecule has 0 fully saturated rings. The van der Waals surface area contributed by atoms with Gasteiger partial charge in [-0.3, -0.25) is 19.2 Å². The highest BCUT2D eigenvalue weighted by molar-refractivity contribution is 6.01. The summed E-state index contributed by atoms with van der Waals surface area (Å²) in [5, 5.41) is 0. The minimum absolute atomic E-state index is 0.0177. The minimum atomic E-state index is -0.107. The molecule has 0 spiro atoms. The van der Waals surface area contributed by atoms with Crippen LogP contribution in [-0.4, -0.2) is 23.1 Å². The van der Waals surface area contributed by atoms with E-state index in [-0.39, 0.29) is 47.3 Å². The molecule has 2 rings (SSSR count). The van der Waals surface area contributed by atoms with Crippen LogP contribution < -0.4 is 0 Å². The van der Waals surface area contributed by atoms with Crippen molar-refractivity contribution in [1.82, 2.24) is 0 Å². The van der Waals surface area contributed by atoms with Gasteiger partial charge < -0.3 is 0 Å². The van der Waals surface area contributed by atoms with Crippen LogP contribution in [0.5, 0.6) is 0 Å². The molecule has 35 heavy (non-hydrogen) atoms. The number of Topliss-reactive ketones (excluding diaryl/α,β-unsaturated/α-hetero) is 4. The third-order valence-corrected chi connectivity index (χ3v) is 6.98. The van der Waals surface area contributed by atoms with Crippen LogP contribution in [0.15, 0.2) is 12.1 Å². The van der Waals surface area contributed by atoms with E-state index in [1.807, 2.05) is 32.9 Å². The Hall–Kier alpha value is -2.10. The molecule has 4 heteroatoms. The molecular weight excluding hydrogens is 436 g/mol. The molecule has 1 aromatic carbocycles. The first-order valence-electron chi connectivity index (χ1n) is 13.8. The van der Waals surface area contributed by atoms with E-state index in [9.17, 15) is 19.2 Å². The minimum Gasteiger partial charge on any atom is -0.300 e. The highest BCUT2D eigenvalue weighted by Crippen LogP contribution is 2.37. The first-order valence-corrected chi connectivity index (χ1v) is 13.8. The fourth-order valence-electron chi connectivity index (χ4n) is 5.54. The molecular formula is C31H48O4. The lowest BCUT2D eigenvalue weighted by molar-refractivity contribution is -0.130. The monoisotopic (exact) mass is 484 g/mol. The zero-order chi connectivity index (χ0) is 26.5. The second-order valence-electron chi connectivity index (χ2n) is 10.4. The van der Waals surface area contributed by atoms with E-state index < -0.39 is 0 Å². The number of fused-ring (bicyclic) bond motifs is 1. The number of rotatable bonds is 13. The second kappa shape index (κ2) is 15.8. The fraction of sp³-hybridized carbons (Fsp3) is 0.677. The number of ketones is 4. The van der Waals surface area contributed by atoms with Gasteiger partial charge in [-0.05, 0) is 68.1 Å². The molecule has 0 amide bonds. The van der Waals surface area contributed by atoms with Crippen molar-refractivity contribution in [3.05, 3.63) is 34.4 Å². The molecule has 1 aliphatic carbocycles. The van der Waals surface area contributed by atoms with Crippen molar-refractivity contribution >= 4 is 23.1 Å². The van der Waals surface area contributed by atoms with Crippen molar-refractivity contribution in [3.63, 3.8) is 0 Å². The maximum absolute atomic E-state index is 13.1. The third-order valence-electron chi connectivity index (χ3n) is 6.98. The standard InChI is InChI=1S/C28H40O4.C3H8/c1-6-9-22(25(8-3)26(31)13-18(4)29)14-20-15-23-12-11-21(17-24(30)10-7-2)19(5)28(23)27(32)16-20;1-3-2/h11-12,20,22,25H,6-10,13-17H2,1-5H3;3H2,1-2H3. The topological polar surface area (TPSA) is 68.3 Å². The maximum Gasteiger partial charge on any atom is 0.163 e. The molecule has 0 N–H and O–H groups in total. The molecule has 0 saturated heterocycles. The highest BCUT2D eigenvalue weighted by Gasteiger charge is 2.33. The molecule has 0 saturated carbocycles. The van der Waals surface area contributed by atoms with Crippen LogP contribution in [0.1, 0.15) is 126 Å². The molecule has 3 unspecified atom stereocenters. The van der Waals surface area contributed by atoms with Crippen LogP contribution in [0.25, 0.3) is 0 Å². The number of hydrogen-bond acceptors (Lipinski definition) is 4. The van der Waals surface area contributed by atoms with Crippen molar-refractivity contribution in [2.45, 2.75) is 119 Å². The van der Waals surface area contributed by atoms with Gasteiger partial charge in [-0.2, -0.15) is 0 Å². The summed E-state index contributed by atoms with van der Waals surface area (Å²) in [5.41, 5.74) is 3.82. The number of carbonyl (C=O) groups is 4. The summed E-state index contributed by atoms with van der Waals surface area (Å²) in [6, 6.07) is 4.06. The molecule has 1 aliphatic rings. The van der Waals surface area contributed by atoms with Crippen LogP contribution >= 0.6 is 0 Å². The summed E-state index contributed by atoms with van der Waals surface area (Å²) >= 11 is 0. The average Bonchev–Trinajstić information content (AvgIpc) is 2.76. The Balaban J connectivity index is 0.00000194. The molecule has 0 aromatic heterocycles. The Kier molecular flexibility index (Phi) is 14.0. The van der Waals surface area contributed by atoms with Gasteiger partial charge in [0.1, 0.15) is 17.3 Å². The average molecular weight is 485 g/mol. The van der Waals surface area contributed by atoms with Crippen molar-refractivity contribution in [3.8, 4) is 0 Å². The molecule has 0 aliphatic heterocycles. The van der Waals surface area contributed by atoms with E-state index >= 15 is 0 Å². The van der Waals surface area contributed by atoms with E-state index in [1.165, 1.54) is 13.3 Å². The lowest BCUT2D eigenvalue weighted by atomic mass is 9.72. The van der Waals surface area contributed by atoms with Gasteiger partial charge in [0.2, 0.25) is 0 Å². The van der Waals surface area contributed by atoms with Crippen molar-refractivity contribution in [2.75, 3.05) is 0 Å². The SMILES string of the molecule is CCC.CCCC(=O)Cc1ccc2c(c1C)C(=O)CC(CC(CCC)C(CC)C(=O)CC(C)=O)C2. The van der Waals surface area contributed by atoms with E-state index in [0.29, 0.717) is 19.3 Å². The van der Waals surface area contributed by atoms with Gasteiger partial charge in [-0.25, -0.2) is 0 Å². The zero-order valence-electron chi connectivity index (χ0n) is 23.3. The predicted octanol–water partition coefficient (Wildman–Crippen LogP) is 7.45. The Morgan fingerprint density at radius 1 is 1.00 bits per heavy atom. The Morgan fingerprint density at radius 2 is 1.66 bits per heavy atom. The van der Waals surface area contributed by atoms with Gasteiger partial charge in [0.25, 0.3) is 0 Å². The third kappa shape index (κ3) is 9.46. The van der Waals surface area contributed by atoms with Gasteiger partial charge >= 0.3 is 0 Å². The molecule has 1 aromatic rings. The van der Waals surface area contributed by atoms with E-state index in [0.717, 1.165) is 60.8 Å². The van der Waals surface area contributed by atoms with Gasteiger partial charge in [-0.1, -0.05) is 66.0 Å². The number of benzene rings is 1. The number of hydrogen-bond donors (Lipinski definition) is 0. The summed E-state index contributed by atoms with van der Waals surface area (Å²) < 4.78 is 0. The molecule has 0 radical (unpaired) electrons. The quantitative estimate of drug-likeness (QED) is 0.273. The van der Waals surface area contributed by atoms with Crippen molar-refractivity contribution < 1.29 is 19.2 Å². The van der Waals surface area contributed by atoms with Crippen molar-refractivity contribution in [2.24, 2.45) is 17.8 Å². The summed E-state index contributed by atoms with van der Waals surface area (Å²) in [7, 11) is 0. The van der Waals surface area contributed by atoms with Crippen LogP contribution in [0.3, 0.4) is 0 Å². The van der Waals surface area contributed by atoms with Crippen LogP contribution in [-0.2, 0) is 27.2 Å². The van der Waals surface area contributed by atoms with E-state index in [4.69, 9.17) is 0 Å². The Labute approximate surface area is 213 Å². The molecule has 3 atom stereocenters. The Morgan fingerprint density at radius 3 is 2.20 bits per heavy atom. The van der Waals surface area contributed by atoms with E-state index in [1.54, 1.807) is 0 Å². The smallest absolute Gasteiger partial charge is 0.163 e. The largest absolute Gasteiger partial charge is 0.300 e. The maximum atomic E-state index is 13.1. The zero-order valence-corrected chi connectivity index (χ0v) is 23.3. The lowest BCUT2D eigenvalue weighted by Crippen LogP contribution is -2.30. The van der Waals surface area contributed by atoms with Gasteiger partial charge in [0, 0.05) is 30.7 Å². The molecule has 4 nitrogen and oxygen atoms in total. The Bertz CT molecular complexity index is 867. The highest BCUT2D eigenvalue weighted by atomic mass is 16.1. The van der Waals surface area contributed by atoms with E-state index in [2.05, 4.69) is 20.8 Å². The van der Waals surface area contributed by atoms with Crippen LogP contribution in [0.2, 0.25) is 0 Å². The molecule has 0 heterocycles. The van der Waals surface area contributed by atoms with Crippen molar-refractivity contribution in [1.29, 1.82) is 0 Å². The predicted molar refractivity (Wildman–Crippen MR) is 144 cm³/mol. The normalized spacial score (nSPS) is 16.5. The summed E-state index contributed by atoms with van der Waals surface area (Å²) in [5.74, 6) is 0.689. The first-order chi connectivity index (χ1) is 16.6. The summed E-state index contributed by atoms with van der Waals surface area (Å²) in [4.78, 5) is 49.5. The van der Waals surface area contributed by atoms with Gasteiger partial charge in [-0.15, -0.1) is 0 Å². The summed E-state index contributed by atoms with van der Waals surface area (Å²) in [6.07, 6.45) is 7.93. The summed E-state index contributed by atoms with van der Waals surface area (Å²) in [6.45, 7) is 13.9. The fourth-order valence-corrected chi connectivity index (χ4v) is 5.54. The van der Waals surface area contributed by atoms with Crippen LogP contribution in [0.4, 0.5) is 0 Å². The van der Waals surface area contributed by atoms with Gasteiger partial charge in [0.05, 0.1) is 6.42 Å².